The number of aromatic nitrogens is 4. The Balaban J connectivity index is 0.00000481. The number of ether oxygens (including phenoxy) is 1. The van der Waals surface area contributed by atoms with Gasteiger partial charge in [0, 0.05) is 34.5 Å². The van der Waals surface area contributed by atoms with Crippen LogP contribution < -0.4 is 4.74 Å². The second kappa shape index (κ2) is 16.7. The average molecular weight is 882 g/mol. The molecule has 7 aromatic rings. The normalized spacial score (nSPS) is 12.7. The molecule has 0 radical (unpaired) electrons. The van der Waals surface area contributed by atoms with Crippen molar-refractivity contribution in [2.75, 3.05) is 0 Å². The van der Waals surface area contributed by atoms with Crippen molar-refractivity contribution in [3.63, 3.8) is 0 Å². The topological polar surface area (TPSA) is 44.9 Å². The summed E-state index contributed by atoms with van der Waals surface area (Å²) in [6.07, 6.45) is 7.77. The molecule has 0 aliphatic carbocycles. The average Bonchev–Trinajstić information content (AvgIpc) is 3.63. The van der Waals surface area contributed by atoms with E-state index in [1.807, 2.05) is 41.2 Å². The summed E-state index contributed by atoms with van der Waals surface area (Å²) in [6.45, 7) is 15.7. The quantitative estimate of drug-likeness (QED) is 0.108. The van der Waals surface area contributed by atoms with Crippen molar-refractivity contribution < 1.29 is 25.8 Å². The molecule has 274 valence electrons. The Bertz CT molecular complexity index is 2320. The van der Waals surface area contributed by atoms with E-state index in [-0.39, 0.29) is 21.1 Å². The summed E-state index contributed by atoms with van der Waals surface area (Å²) >= 11 is 0. The molecule has 53 heavy (non-hydrogen) atoms. The molecule has 7 rings (SSSR count). The SMILES string of the molecule is CCCC(C)CC(C)c1ccc2c(c1)c1ccc(Oc3[c-]c(-n4nc(C)c(-c5ccccc5)c4C)ccc3)[c-]c1n2-c1cc(CCC(C)C)ccn1.[Pt+2]. The van der Waals surface area contributed by atoms with Crippen LogP contribution in [-0.4, -0.2) is 19.3 Å². The molecule has 4 aromatic carbocycles. The van der Waals surface area contributed by atoms with Crippen molar-refractivity contribution in [2.24, 2.45) is 11.8 Å². The second-order valence-electron chi connectivity index (χ2n) is 15.0. The van der Waals surface area contributed by atoms with Gasteiger partial charge in [0.15, 0.2) is 0 Å². The van der Waals surface area contributed by atoms with Crippen LogP contribution in [0.1, 0.15) is 88.7 Å². The zero-order chi connectivity index (χ0) is 36.4. The van der Waals surface area contributed by atoms with E-state index >= 15 is 0 Å². The van der Waals surface area contributed by atoms with Crippen molar-refractivity contribution in [2.45, 2.75) is 86.5 Å². The fourth-order valence-corrected chi connectivity index (χ4v) is 7.73. The van der Waals surface area contributed by atoms with Crippen molar-refractivity contribution in [1.29, 1.82) is 0 Å². The van der Waals surface area contributed by atoms with Crippen molar-refractivity contribution >= 4 is 21.8 Å². The Morgan fingerprint density at radius 1 is 0.792 bits per heavy atom. The first-order valence-corrected chi connectivity index (χ1v) is 19.0. The van der Waals surface area contributed by atoms with Gasteiger partial charge in [-0.3, -0.25) is 4.68 Å². The maximum atomic E-state index is 6.53. The monoisotopic (exact) mass is 881 g/mol. The number of pyridine rings is 1. The predicted molar refractivity (Wildman–Crippen MR) is 215 cm³/mol. The van der Waals surface area contributed by atoms with Gasteiger partial charge in [0.2, 0.25) is 0 Å². The van der Waals surface area contributed by atoms with Gasteiger partial charge in [-0.25, -0.2) is 4.98 Å². The number of rotatable bonds is 13. The van der Waals surface area contributed by atoms with E-state index in [0.29, 0.717) is 29.3 Å². The van der Waals surface area contributed by atoms with Crippen LogP contribution in [0.2, 0.25) is 0 Å². The van der Waals surface area contributed by atoms with Crippen LogP contribution in [0.5, 0.6) is 11.5 Å². The fraction of sp³-hybridized carbons (Fsp3) is 0.319. The van der Waals surface area contributed by atoms with E-state index < -0.39 is 0 Å². The number of fused-ring (bicyclic) bond motifs is 3. The summed E-state index contributed by atoms with van der Waals surface area (Å²) in [6, 6.07) is 39.1. The Hall–Kier alpha value is -4.47. The van der Waals surface area contributed by atoms with Gasteiger partial charge in [-0.15, -0.1) is 35.7 Å². The third-order valence-corrected chi connectivity index (χ3v) is 10.4. The van der Waals surface area contributed by atoms with Crippen molar-refractivity contribution in [1.82, 2.24) is 19.3 Å². The molecule has 0 fully saturated rings. The van der Waals surface area contributed by atoms with Crippen molar-refractivity contribution in [3.05, 3.63) is 132 Å². The van der Waals surface area contributed by atoms with E-state index in [4.69, 9.17) is 14.8 Å². The molecule has 0 bridgehead atoms. The minimum absolute atomic E-state index is 0. The maximum absolute atomic E-state index is 6.53. The largest absolute Gasteiger partial charge is 2.00 e. The third kappa shape index (κ3) is 8.21. The Kier molecular flexibility index (Phi) is 12.0. The Morgan fingerprint density at radius 2 is 1.58 bits per heavy atom. The summed E-state index contributed by atoms with van der Waals surface area (Å²) in [5, 5.41) is 7.26. The van der Waals surface area contributed by atoms with E-state index in [9.17, 15) is 0 Å². The number of nitrogens with zero attached hydrogens (tertiary/aromatic N) is 4. The zero-order valence-corrected chi connectivity index (χ0v) is 34.3. The van der Waals surface area contributed by atoms with Crippen LogP contribution in [0, 0.1) is 37.8 Å². The van der Waals surface area contributed by atoms with Gasteiger partial charge in [-0.1, -0.05) is 95.4 Å². The number of hydrogen-bond donors (Lipinski definition) is 0. The summed E-state index contributed by atoms with van der Waals surface area (Å²) in [7, 11) is 0. The van der Waals surface area contributed by atoms with Gasteiger partial charge in [0.25, 0.3) is 0 Å². The van der Waals surface area contributed by atoms with Gasteiger partial charge in [0.05, 0.1) is 5.69 Å². The van der Waals surface area contributed by atoms with E-state index in [1.54, 1.807) is 0 Å². The standard InChI is InChI=1S/C47H50N4O.Pt/c1-8-13-32(4)26-33(5)38-20-23-44-43(28-38)42-22-21-41(30-45(42)50(44)46-27-36(24-25-48-46)19-18-31(2)3)52-40-17-12-16-39(29-40)51-35(7)47(34(6)49-51)37-14-10-9-11-15-37;/h9-12,14-17,20-25,27-28,31-33H,8,13,18-19,26H2,1-7H3;/q-2;+2. The molecular formula is C47H50N4OPt. The first-order valence-electron chi connectivity index (χ1n) is 19.0. The van der Waals surface area contributed by atoms with Crippen LogP contribution in [0.3, 0.4) is 0 Å². The van der Waals surface area contributed by atoms with E-state index in [0.717, 1.165) is 63.3 Å². The summed E-state index contributed by atoms with van der Waals surface area (Å²) in [4.78, 5) is 4.91. The third-order valence-electron chi connectivity index (χ3n) is 10.4. The second-order valence-corrected chi connectivity index (χ2v) is 15.0. The number of aryl methyl sites for hydroxylation is 2. The smallest absolute Gasteiger partial charge is 0.509 e. The molecule has 0 spiro atoms. The van der Waals surface area contributed by atoms with Gasteiger partial charge in [0.1, 0.15) is 5.82 Å². The van der Waals surface area contributed by atoms with E-state index in [1.165, 1.54) is 35.8 Å². The van der Waals surface area contributed by atoms with Crippen LogP contribution in [0.25, 0.3) is 44.4 Å². The molecule has 6 heteroatoms. The van der Waals surface area contributed by atoms with Crippen LogP contribution in [0.15, 0.2) is 97.2 Å². The first kappa shape index (κ1) is 38.3. The summed E-state index contributed by atoms with van der Waals surface area (Å²) < 4.78 is 10.7. The predicted octanol–water partition coefficient (Wildman–Crippen LogP) is 12.6. The van der Waals surface area contributed by atoms with Gasteiger partial charge in [-0.05, 0) is 96.8 Å². The van der Waals surface area contributed by atoms with Crippen LogP contribution in [-0.2, 0) is 27.5 Å². The van der Waals surface area contributed by atoms with Gasteiger partial charge in [-0.2, -0.15) is 17.2 Å². The van der Waals surface area contributed by atoms with E-state index in [2.05, 4.69) is 126 Å². The number of hydrogen-bond acceptors (Lipinski definition) is 3. The van der Waals surface area contributed by atoms with Gasteiger partial charge >= 0.3 is 21.1 Å². The molecule has 0 saturated carbocycles. The minimum atomic E-state index is 0. The molecule has 3 aromatic heterocycles. The molecule has 0 N–H and O–H groups in total. The maximum Gasteiger partial charge on any atom is 2.00 e. The molecule has 2 atom stereocenters. The summed E-state index contributed by atoms with van der Waals surface area (Å²) in [5.41, 5.74) is 9.91. The van der Waals surface area contributed by atoms with Crippen LogP contribution in [0.4, 0.5) is 0 Å². The zero-order valence-electron chi connectivity index (χ0n) is 32.0. The fourth-order valence-electron chi connectivity index (χ4n) is 7.73. The Morgan fingerprint density at radius 3 is 2.36 bits per heavy atom. The molecule has 0 amide bonds. The van der Waals surface area contributed by atoms with Crippen molar-refractivity contribution in [3.8, 4) is 34.1 Å². The molecule has 5 nitrogen and oxygen atoms in total. The Labute approximate surface area is 329 Å². The molecule has 3 heterocycles. The molecule has 0 aliphatic heterocycles. The molecule has 0 aliphatic rings. The van der Waals surface area contributed by atoms with Crippen LogP contribution >= 0.6 is 0 Å². The number of benzene rings is 4. The summed E-state index contributed by atoms with van der Waals surface area (Å²) in [5.74, 6) is 3.95. The molecule has 2 unspecified atom stereocenters. The molecule has 0 saturated heterocycles. The minimum Gasteiger partial charge on any atom is -0.509 e. The first-order chi connectivity index (χ1) is 25.2. The van der Waals surface area contributed by atoms with Gasteiger partial charge < -0.3 is 9.30 Å². The molecular weight excluding hydrogens is 832 g/mol.